The molecular formula is C22H21FN6O2. The number of nitrogens with one attached hydrogen (secondary N) is 3. The SMILES string of the molecule is COc1cc(CCNCc2ccc(F)cc2)ccc1NC(=O)Nc1cnc(C#N)cn1. The Hall–Kier alpha value is -4.03. The predicted octanol–water partition coefficient (Wildman–Crippen LogP) is 3.47. The second-order valence-electron chi connectivity index (χ2n) is 6.57. The molecule has 0 unspecified atom stereocenters. The van der Waals surface area contributed by atoms with Gasteiger partial charge in [-0.15, -0.1) is 0 Å². The third-order valence-electron chi connectivity index (χ3n) is 4.35. The molecule has 2 aromatic carbocycles. The van der Waals surface area contributed by atoms with E-state index in [1.54, 1.807) is 18.2 Å². The molecule has 0 radical (unpaired) electrons. The second-order valence-corrected chi connectivity index (χ2v) is 6.57. The zero-order valence-electron chi connectivity index (χ0n) is 16.9. The molecule has 9 heteroatoms. The van der Waals surface area contributed by atoms with Gasteiger partial charge < -0.3 is 15.4 Å². The van der Waals surface area contributed by atoms with Gasteiger partial charge in [0.15, 0.2) is 11.5 Å². The van der Waals surface area contributed by atoms with Gasteiger partial charge in [0.2, 0.25) is 0 Å². The van der Waals surface area contributed by atoms with Gasteiger partial charge in [-0.3, -0.25) is 5.32 Å². The monoisotopic (exact) mass is 420 g/mol. The Morgan fingerprint density at radius 2 is 1.87 bits per heavy atom. The number of ether oxygens (including phenoxy) is 1. The van der Waals surface area contributed by atoms with Crippen molar-refractivity contribution < 1.29 is 13.9 Å². The highest BCUT2D eigenvalue weighted by Crippen LogP contribution is 2.26. The van der Waals surface area contributed by atoms with Crippen LogP contribution in [0.15, 0.2) is 54.9 Å². The third-order valence-corrected chi connectivity index (χ3v) is 4.35. The first kappa shape index (κ1) is 21.7. The first-order valence-electron chi connectivity index (χ1n) is 9.49. The summed E-state index contributed by atoms with van der Waals surface area (Å²) in [5, 5.41) is 17.3. The van der Waals surface area contributed by atoms with Crippen molar-refractivity contribution in [1.82, 2.24) is 15.3 Å². The fourth-order valence-electron chi connectivity index (χ4n) is 2.78. The fourth-order valence-corrected chi connectivity index (χ4v) is 2.78. The van der Waals surface area contributed by atoms with E-state index in [0.717, 1.165) is 24.1 Å². The Kier molecular flexibility index (Phi) is 7.45. The number of anilines is 2. The van der Waals surface area contributed by atoms with Gasteiger partial charge in [-0.25, -0.2) is 19.2 Å². The van der Waals surface area contributed by atoms with E-state index < -0.39 is 6.03 Å². The van der Waals surface area contributed by atoms with E-state index in [1.807, 2.05) is 18.2 Å². The minimum absolute atomic E-state index is 0.162. The van der Waals surface area contributed by atoms with Crippen molar-refractivity contribution in [2.75, 3.05) is 24.3 Å². The van der Waals surface area contributed by atoms with Crippen molar-refractivity contribution in [3.05, 3.63) is 77.5 Å². The van der Waals surface area contributed by atoms with Gasteiger partial charge >= 0.3 is 6.03 Å². The lowest BCUT2D eigenvalue weighted by atomic mass is 10.1. The summed E-state index contributed by atoms with van der Waals surface area (Å²) < 4.78 is 18.3. The van der Waals surface area contributed by atoms with E-state index >= 15 is 0 Å². The molecular weight excluding hydrogens is 399 g/mol. The van der Waals surface area contributed by atoms with E-state index in [2.05, 4.69) is 25.9 Å². The quantitative estimate of drug-likeness (QED) is 0.481. The predicted molar refractivity (Wildman–Crippen MR) is 114 cm³/mol. The summed E-state index contributed by atoms with van der Waals surface area (Å²) in [5.74, 6) is 0.500. The average Bonchev–Trinajstić information content (AvgIpc) is 2.79. The minimum Gasteiger partial charge on any atom is -0.495 e. The van der Waals surface area contributed by atoms with Gasteiger partial charge in [0.05, 0.1) is 25.2 Å². The first-order chi connectivity index (χ1) is 15.1. The van der Waals surface area contributed by atoms with Crippen LogP contribution in [0, 0.1) is 17.1 Å². The number of hydrogen-bond donors (Lipinski definition) is 3. The number of carbonyl (C=O) groups excluding carboxylic acids is 1. The van der Waals surface area contributed by atoms with Crippen molar-refractivity contribution in [2.45, 2.75) is 13.0 Å². The lowest BCUT2D eigenvalue weighted by Gasteiger charge is -2.13. The molecule has 0 bridgehead atoms. The maximum absolute atomic E-state index is 12.9. The molecule has 0 aliphatic heterocycles. The molecule has 0 saturated heterocycles. The van der Waals surface area contributed by atoms with Gasteiger partial charge in [-0.05, 0) is 48.4 Å². The summed E-state index contributed by atoms with van der Waals surface area (Å²) in [6.45, 7) is 1.38. The van der Waals surface area contributed by atoms with Crippen LogP contribution in [-0.2, 0) is 13.0 Å². The molecule has 0 atom stereocenters. The second kappa shape index (κ2) is 10.7. The molecule has 31 heavy (non-hydrogen) atoms. The molecule has 3 N–H and O–H groups in total. The Labute approximate surface area is 179 Å². The first-order valence-corrected chi connectivity index (χ1v) is 9.49. The van der Waals surface area contributed by atoms with Crippen LogP contribution >= 0.6 is 0 Å². The molecule has 8 nitrogen and oxygen atoms in total. The minimum atomic E-state index is -0.508. The Balaban J connectivity index is 1.51. The van der Waals surface area contributed by atoms with Crippen LogP contribution in [0.4, 0.5) is 20.7 Å². The standard InChI is InChI=1S/C22H21FN6O2/c1-31-20-10-15(8-9-25-12-16-2-5-17(23)6-3-16)4-7-19(20)28-22(30)29-21-14-26-18(11-24)13-27-21/h2-7,10,13-14,25H,8-9,12H2,1H3,(H2,27,28,29,30). The van der Waals surface area contributed by atoms with Crippen LogP contribution in [0.3, 0.4) is 0 Å². The van der Waals surface area contributed by atoms with E-state index in [4.69, 9.17) is 10.00 Å². The number of halogens is 1. The van der Waals surface area contributed by atoms with Crippen LogP contribution in [-0.4, -0.2) is 29.7 Å². The summed E-state index contributed by atoms with van der Waals surface area (Å²) in [5.41, 5.74) is 2.71. The largest absolute Gasteiger partial charge is 0.495 e. The average molecular weight is 420 g/mol. The van der Waals surface area contributed by atoms with Crippen LogP contribution in [0.2, 0.25) is 0 Å². The molecule has 1 heterocycles. The number of carbonyl (C=O) groups is 1. The number of benzene rings is 2. The zero-order valence-corrected chi connectivity index (χ0v) is 16.9. The van der Waals surface area contributed by atoms with Crippen molar-refractivity contribution in [3.8, 4) is 11.8 Å². The van der Waals surface area contributed by atoms with Gasteiger partial charge in [0.1, 0.15) is 17.6 Å². The van der Waals surface area contributed by atoms with Gasteiger partial charge in [-0.2, -0.15) is 5.26 Å². The number of methoxy groups -OCH3 is 1. The number of amides is 2. The molecule has 0 aliphatic rings. The number of urea groups is 1. The summed E-state index contributed by atoms with van der Waals surface area (Å²) >= 11 is 0. The maximum atomic E-state index is 12.9. The lowest BCUT2D eigenvalue weighted by Crippen LogP contribution is -2.21. The molecule has 0 saturated carbocycles. The molecule has 3 rings (SSSR count). The summed E-state index contributed by atoms with van der Waals surface area (Å²) in [7, 11) is 1.53. The number of nitriles is 1. The highest BCUT2D eigenvalue weighted by atomic mass is 19.1. The lowest BCUT2D eigenvalue weighted by molar-refractivity contribution is 0.262. The van der Waals surface area contributed by atoms with E-state index in [9.17, 15) is 9.18 Å². The highest BCUT2D eigenvalue weighted by molar-refractivity contribution is 6.00. The molecule has 2 amide bonds. The van der Waals surface area contributed by atoms with Crippen molar-refractivity contribution in [3.63, 3.8) is 0 Å². The molecule has 0 fully saturated rings. The van der Waals surface area contributed by atoms with E-state index in [0.29, 0.717) is 18.0 Å². The van der Waals surface area contributed by atoms with Gasteiger partial charge in [0, 0.05) is 6.54 Å². The summed E-state index contributed by atoms with van der Waals surface area (Å²) in [6, 6.07) is 13.3. The molecule has 158 valence electrons. The summed E-state index contributed by atoms with van der Waals surface area (Å²) in [4.78, 5) is 20.0. The summed E-state index contributed by atoms with van der Waals surface area (Å²) in [6.07, 6.45) is 3.33. The van der Waals surface area contributed by atoms with Crippen LogP contribution in [0.1, 0.15) is 16.8 Å². The maximum Gasteiger partial charge on any atom is 0.324 e. The number of rotatable bonds is 8. The van der Waals surface area contributed by atoms with E-state index in [1.165, 1.54) is 31.6 Å². The van der Waals surface area contributed by atoms with E-state index in [-0.39, 0.29) is 17.3 Å². The Morgan fingerprint density at radius 1 is 1.10 bits per heavy atom. The van der Waals surface area contributed by atoms with Gasteiger partial charge in [0.25, 0.3) is 0 Å². The molecule has 3 aromatic rings. The Bertz CT molecular complexity index is 1060. The molecule has 1 aromatic heterocycles. The van der Waals surface area contributed by atoms with Crippen molar-refractivity contribution in [1.29, 1.82) is 5.26 Å². The molecule has 0 spiro atoms. The highest BCUT2D eigenvalue weighted by Gasteiger charge is 2.10. The van der Waals surface area contributed by atoms with Gasteiger partial charge in [-0.1, -0.05) is 18.2 Å². The topological polar surface area (TPSA) is 112 Å². The smallest absolute Gasteiger partial charge is 0.324 e. The van der Waals surface area contributed by atoms with Crippen molar-refractivity contribution in [2.24, 2.45) is 0 Å². The van der Waals surface area contributed by atoms with Crippen LogP contribution in [0.25, 0.3) is 0 Å². The number of nitrogens with zero attached hydrogens (tertiary/aromatic N) is 3. The van der Waals surface area contributed by atoms with Crippen LogP contribution in [0.5, 0.6) is 5.75 Å². The van der Waals surface area contributed by atoms with Crippen LogP contribution < -0.4 is 20.7 Å². The Morgan fingerprint density at radius 3 is 2.55 bits per heavy atom. The van der Waals surface area contributed by atoms with Crippen molar-refractivity contribution >= 4 is 17.5 Å². The zero-order chi connectivity index (χ0) is 22.1. The number of aromatic nitrogens is 2. The molecule has 0 aliphatic carbocycles. The normalized spacial score (nSPS) is 10.2. The third kappa shape index (κ3) is 6.48. The number of hydrogen-bond acceptors (Lipinski definition) is 6. The fraction of sp³-hybridized carbons (Fsp3) is 0.182.